The molecule has 6 aromatic carbocycles. The van der Waals surface area contributed by atoms with E-state index in [1.54, 1.807) is 0 Å². The smallest absolute Gasteiger partial charge is 0.0540 e. The topological polar surface area (TPSA) is 3.24 Å². The van der Waals surface area contributed by atoms with Crippen LogP contribution >= 0.6 is 0 Å². The van der Waals surface area contributed by atoms with Crippen molar-refractivity contribution in [1.29, 1.82) is 0 Å². The number of nitrogens with zero attached hydrogens (tertiary/aromatic N) is 1. The minimum Gasteiger partial charge on any atom is -0.310 e. The molecule has 0 aromatic heterocycles. The highest BCUT2D eigenvalue weighted by atomic mass is 15.1. The number of benzene rings is 6. The Balaban J connectivity index is 1.57. The van der Waals surface area contributed by atoms with Gasteiger partial charge in [-0.15, -0.1) is 0 Å². The maximum Gasteiger partial charge on any atom is 0.0540 e. The molecule has 0 fully saturated rings. The zero-order valence-corrected chi connectivity index (χ0v) is 27.0. The predicted octanol–water partition coefficient (Wildman–Crippen LogP) is 12.4. The minimum atomic E-state index is -0.287. The van der Waals surface area contributed by atoms with Gasteiger partial charge in [0.05, 0.1) is 5.69 Å². The highest BCUT2D eigenvalue weighted by Crippen LogP contribution is 2.46. The number of hydrogen-bond donors (Lipinski definition) is 0. The molecular formula is C44H41N. The van der Waals surface area contributed by atoms with Gasteiger partial charge in [0.2, 0.25) is 0 Å². The van der Waals surface area contributed by atoms with E-state index in [2.05, 4.69) is 197 Å². The van der Waals surface area contributed by atoms with Crippen molar-refractivity contribution in [2.45, 2.75) is 40.0 Å². The van der Waals surface area contributed by atoms with Crippen molar-refractivity contribution in [3.8, 4) is 22.3 Å². The molecule has 0 aliphatic rings. The second kappa shape index (κ2) is 12.8. The summed E-state index contributed by atoms with van der Waals surface area (Å²) in [6.07, 6.45) is 2.26. The van der Waals surface area contributed by atoms with Crippen molar-refractivity contribution in [2.75, 3.05) is 4.90 Å². The SMILES string of the molecule is CC=C(C)C(C)(c1ccc(C)cc1)c1cc(N(c2ccc(-c3ccccc3)cc2)c2ccccc2-c2ccccc2)ccc1C. The van der Waals surface area contributed by atoms with Crippen LogP contribution in [0.5, 0.6) is 0 Å². The zero-order valence-electron chi connectivity index (χ0n) is 27.0. The van der Waals surface area contributed by atoms with Gasteiger partial charge in [-0.2, -0.15) is 0 Å². The third-order valence-electron chi connectivity index (χ3n) is 9.33. The molecule has 0 saturated heterocycles. The molecule has 0 spiro atoms. The molecule has 0 bridgehead atoms. The Morgan fingerprint density at radius 3 is 1.78 bits per heavy atom. The number of anilines is 3. The lowest BCUT2D eigenvalue weighted by molar-refractivity contribution is 0.667. The van der Waals surface area contributed by atoms with E-state index in [0.29, 0.717) is 0 Å². The van der Waals surface area contributed by atoms with Crippen LogP contribution in [-0.4, -0.2) is 0 Å². The molecule has 1 nitrogen and oxygen atoms in total. The molecule has 0 amide bonds. The fourth-order valence-corrected chi connectivity index (χ4v) is 6.45. The van der Waals surface area contributed by atoms with Crippen molar-refractivity contribution in [3.63, 3.8) is 0 Å². The first-order valence-corrected chi connectivity index (χ1v) is 15.8. The Morgan fingerprint density at radius 2 is 1.13 bits per heavy atom. The molecule has 0 radical (unpaired) electrons. The van der Waals surface area contributed by atoms with Crippen molar-refractivity contribution >= 4 is 17.1 Å². The van der Waals surface area contributed by atoms with Gasteiger partial charge >= 0.3 is 0 Å². The molecule has 0 aliphatic carbocycles. The van der Waals surface area contributed by atoms with Gasteiger partial charge in [-0.3, -0.25) is 0 Å². The summed E-state index contributed by atoms with van der Waals surface area (Å²) in [4.78, 5) is 2.42. The lowest BCUT2D eigenvalue weighted by Crippen LogP contribution is -2.27. The van der Waals surface area contributed by atoms with Crippen LogP contribution in [0, 0.1) is 13.8 Å². The van der Waals surface area contributed by atoms with Crippen LogP contribution in [0.4, 0.5) is 17.1 Å². The average Bonchev–Trinajstić information content (AvgIpc) is 3.10. The summed E-state index contributed by atoms with van der Waals surface area (Å²) in [5.74, 6) is 0. The highest BCUT2D eigenvalue weighted by Gasteiger charge is 2.33. The summed E-state index contributed by atoms with van der Waals surface area (Å²) in [5, 5.41) is 0. The van der Waals surface area contributed by atoms with Gasteiger partial charge in [0, 0.05) is 22.4 Å². The highest BCUT2D eigenvalue weighted by molar-refractivity contribution is 5.88. The molecule has 0 N–H and O–H groups in total. The number of allylic oxidation sites excluding steroid dienone is 2. The molecule has 0 saturated carbocycles. The molecule has 6 rings (SSSR count). The van der Waals surface area contributed by atoms with E-state index >= 15 is 0 Å². The summed E-state index contributed by atoms with van der Waals surface area (Å²) in [6.45, 7) is 11.2. The third-order valence-corrected chi connectivity index (χ3v) is 9.33. The van der Waals surface area contributed by atoms with Crippen LogP contribution in [0.15, 0.2) is 163 Å². The van der Waals surface area contributed by atoms with Gasteiger partial charge < -0.3 is 4.90 Å². The van der Waals surface area contributed by atoms with Crippen molar-refractivity contribution in [1.82, 2.24) is 0 Å². The maximum atomic E-state index is 2.42. The van der Waals surface area contributed by atoms with Crippen LogP contribution in [0.25, 0.3) is 22.3 Å². The molecule has 6 aromatic rings. The standard InChI is InChI=1S/C44H41N/c1-6-34(4)44(5,38-26-21-32(2)22-27-38)42-31-40(28-23-33(42)3)45(39-29-24-36(25-30-39)35-15-9-7-10-16-35)43-20-14-13-19-41(43)37-17-11-8-12-18-37/h6-31H,1-5H3. The van der Waals surface area contributed by atoms with Crippen LogP contribution in [-0.2, 0) is 5.41 Å². The Labute approximate surface area is 269 Å². The molecule has 45 heavy (non-hydrogen) atoms. The molecular weight excluding hydrogens is 542 g/mol. The largest absolute Gasteiger partial charge is 0.310 e. The molecule has 0 heterocycles. The summed E-state index contributed by atoms with van der Waals surface area (Å²) in [6, 6.07) is 55.0. The van der Waals surface area contributed by atoms with E-state index in [-0.39, 0.29) is 5.41 Å². The second-order valence-electron chi connectivity index (χ2n) is 12.1. The normalized spacial score (nSPS) is 12.9. The maximum absolute atomic E-state index is 2.42. The Morgan fingerprint density at radius 1 is 0.578 bits per heavy atom. The number of aryl methyl sites for hydroxylation is 2. The lowest BCUT2D eigenvalue weighted by atomic mass is 9.69. The zero-order chi connectivity index (χ0) is 31.4. The molecule has 0 aliphatic heterocycles. The van der Waals surface area contributed by atoms with Crippen LogP contribution in [0.1, 0.15) is 43.0 Å². The van der Waals surface area contributed by atoms with Crippen LogP contribution in [0.2, 0.25) is 0 Å². The second-order valence-corrected chi connectivity index (χ2v) is 12.1. The van der Waals surface area contributed by atoms with Gasteiger partial charge in [0.25, 0.3) is 0 Å². The summed E-state index contributed by atoms with van der Waals surface area (Å²) >= 11 is 0. The van der Waals surface area contributed by atoms with E-state index in [4.69, 9.17) is 0 Å². The number of hydrogen-bond acceptors (Lipinski definition) is 1. The van der Waals surface area contributed by atoms with Gasteiger partial charge in [-0.25, -0.2) is 0 Å². The Kier molecular flexibility index (Phi) is 8.54. The van der Waals surface area contributed by atoms with Crippen molar-refractivity contribution in [2.24, 2.45) is 0 Å². The van der Waals surface area contributed by atoms with Crippen LogP contribution < -0.4 is 4.90 Å². The van der Waals surface area contributed by atoms with Crippen molar-refractivity contribution in [3.05, 3.63) is 186 Å². The van der Waals surface area contributed by atoms with E-state index in [0.717, 1.165) is 17.1 Å². The molecule has 222 valence electrons. The Bertz CT molecular complexity index is 1920. The fourth-order valence-electron chi connectivity index (χ4n) is 6.45. The minimum absolute atomic E-state index is 0.287. The third kappa shape index (κ3) is 5.87. The summed E-state index contributed by atoms with van der Waals surface area (Å²) < 4.78 is 0. The molecule has 1 heteroatoms. The fraction of sp³-hybridized carbons (Fsp3) is 0.136. The molecule has 1 atom stereocenters. The number of rotatable bonds is 8. The average molecular weight is 584 g/mol. The van der Waals surface area contributed by atoms with E-state index < -0.39 is 0 Å². The van der Waals surface area contributed by atoms with Crippen LogP contribution in [0.3, 0.4) is 0 Å². The first-order chi connectivity index (χ1) is 21.9. The first-order valence-electron chi connectivity index (χ1n) is 15.8. The number of para-hydroxylation sites is 1. The van der Waals surface area contributed by atoms with Crippen molar-refractivity contribution < 1.29 is 0 Å². The summed E-state index contributed by atoms with van der Waals surface area (Å²) in [7, 11) is 0. The lowest BCUT2D eigenvalue weighted by Gasteiger charge is -2.36. The van der Waals surface area contributed by atoms with E-state index in [9.17, 15) is 0 Å². The van der Waals surface area contributed by atoms with Gasteiger partial charge in [0.15, 0.2) is 0 Å². The predicted molar refractivity (Wildman–Crippen MR) is 194 cm³/mol. The van der Waals surface area contributed by atoms with Gasteiger partial charge in [-0.1, -0.05) is 139 Å². The first kappa shape index (κ1) is 29.9. The van der Waals surface area contributed by atoms with E-state index in [1.807, 2.05) is 0 Å². The summed E-state index contributed by atoms with van der Waals surface area (Å²) in [5.41, 5.74) is 14.4. The van der Waals surface area contributed by atoms with E-state index in [1.165, 1.54) is 50.1 Å². The van der Waals surface area contributed by atoms with Gasteiger partial charge in [-0.05, 0) is 98.3 Å². The molecule has 1 unspecified atom stereocenters. The van der Waals surface area contributed by atoms with Gasteiger partial charge in [0.1, 0.15) is 0 Å². The quantitative estimate of drug-likeness (QED) is 0.161. The monoisotopic (exact) mass is 583 g/mol. The Hall–Kier alpha value is -5.14.